The number of aromatic nitrogens is 4. The molecule has 1 unspecified atom stereocenters. The summed E-state index contributed by atoms with van der Waals surface area (Å²) in [6.45, 7) is 2.47. The molecule has 1 fully saturated rings. The van der Waals surface area contributed by atoms with Crippen LogP contribution >= 0.6 is 0 Å². The highest BCUT2D eigenvalue weighted by atomic mass is 16.3. The number of aliphatic hydroxyl groups excluding tert-OH is 1. The van der Waals surface area contributed by atoms with Crippen molar-refractivity contribution in [3.05, 3.63) is 27.2 Å². The molecule has 0 radical (unpaired) electrons. The third-order valence-electron chi connectivity index (χ3n) is 5.24. The van der Waals surface area contributed by atoms with Crippen LogP contribution in [0.15, 0.2) is 15.9 Å². The average Bonchev–Trinajstić information content (AvgIpc) is 2.99. The van der Waals surface area contributed by atoms with Crippen LogP contribution < -0.4 is 11.2 Å². The van der Waals surface area contributed by atoms with Gasteiger partial charge < -0.3 is 14.6 Å². The van der Waals surface area contributed by atoms with Crippen LogP contribution in [0.1, 0.15) is 32.1 Å². The highest BCUT2D eigenvalue weighted by molar-refractivity contribution is 5.69. The summed E-state index contributed by atoms with van der Waals surface area (Å²) >= 11 is 0. The number of fused-ring (bicyclic) bond motifs is 1. The zero-order valence-corrected chi connectivity index (χ0v) is 15.0. The highest BCUT2D eigenvalue weighted by Crippen LogP contribution is 2.19. The number of hydrogen-bond donors (Lipinski definition) is 1. The molecule has 3 rings (SSSR count). The van der Waals surface area contributed by atoms with Crippen molar-refractivity contribution in [2.45, 2.75) is 44.7 Å². The molecule has 3 heterocycles. The minimum absolute atomic E-state index is 0.207. The van der Waals surface area contributed by atoms with Gasteiger partial charge in [0.05, 0.1) is 6.33 Å². The Kier molecular flexibility index (Phi) is 5.39. The third kappa shape index (κ3) is 3.41. The molecule has 1 aliphatic rings. The van der Waals surface area contributed by atoms with Crippen LogP contribution in [0.5, 0.6) is 0 Å². The van der Waals surface area contributed by atoms with Crippen molar-refractivity contribution in [2.75, 3.05) is 19.7 Å². The first kappa shape index (κ1) is 17.9. The molecule has 0 bridgehead atoms. The van der Waals surface area contributed by atoms with Gasteiger partial charge >= 0.3 is 5.69 Å². The van der Waals surface area contributed by atoms with E-state index in [0.29, 0.717) is 23.8 Å². The Morgan fingerprint density at radius 3 is 2.80 bits per heavy atom. The maximum absolute atomic E-state index is 12.7. The van der Waals surface area contributed by atoms with Gasteiger partial charge in [-0.05, 0) is 32.2 Å². The standard InChI is InChI=1S/C17H27N5O3/c1-19-12-18-15-14(19)16(24)22(17(25)20(15)2)10-5-9-21-8-4-3-6-13(21)7-11-23/h12-13,23H,3-11H2,1-2H3. The van der Waals surface area contributed by atoms with E-state index in [4.69, 9.17) is 0 Å². The van der Waals surface area contributed by atoms with Gasteiger partial charge in [-0.2, -0.15) is 0 Å². The molecular weight excluding hydrogens is 322 g/mol. The summed E-state index contributed by atoms with van der Waals surface area (Å²) in [5.74, 6) is 0. The van der Waals surface area contributed by atoms with E-state index in [1.54, 1.807) is 25.0 Å². The van der Waals surface area contributed by atoms with Crippen molar-refractivity contribution in [3.8, 4) is 0 Å². The molecule has 0 aromatic carbocycles. The van der Waals surface area contributed by atoms with E-state index in [-0.39, 0.29) is 17.9 Å². The minimum atomic E-state index is -0.318. The number of hydrogen-bond acceptors (Lipinski definition) is 5. The first-order valence-electron chi connectivity index (χ1n) is 9.00. The SMILES string of the molecule is Cn1cnc2c1c(=O)n(CCCN1CCCCC1CCO)c(=O)n2C. The predicted octanol–water partition coefficient (Wildman–Crippen LogP) is 0.0607. The summed E-state index contributed by atoms with van der Waals surface area (Å²) in [5, 5.41) is 9.22. The first-order chi connectivity index (χ1) is 12.0. The van der Waals surface area contributed by atoms with Crippen molar-refractivity contribution < 1.29 is 5.11 Å². The number of imidazole rings is 1. The molecule has 25 heavy (non-hydrogen) atoms. The number of nitrogens with zero attached hydrogens (tertiary/aromatic N) is 5. The zero-order valence-electron chi connectivity index (χ0n) is 15.0. The summed E-state index contributed by atoms with van der Waals surface area (Å²) in [4.78, 5) is 31.7. The Balaban J connectivity index is 1.76. The highest BCUT2D eigenvalue weighted by Gasteiger charge is 2.21. The number of rotatable bonds is 6. The normalized spacial score (nSPS) is 18.9. The molecule has 2 aromatic heterocycles. The summed E-state index contributed by atoms with van der Waals surface area (Å²) < 4.78 is 4.41. The lowest BCUT2D eigenvalue weighted by molar-refractivity contribution is 0.116. The fourth-order valence-electron chi connectivity index (χ4n) is 3.86. The van der Waals surface area contributed by atoms with Crippen LogP contribution in [0.4, 0.5) is 0 Å². The van der Waals surface area contributed by atoms with Gasteiger partial charge in [-0.25, -0.2) is 9.78 Å². The van der Waals surface area contributed by atoms with Crippen LogP contribution in [0.2, 0.25) is 0 Å². The monoisotopic (exact) mass is 349 g/mol. The summed E-state index contributed by atoms with van der Waals surface area (Å²) in [5.41, 5.74) is 0.288. The maximum atomic E-state index is 12.7. The Morgan fingerprint density at radius 1 is 1.24 bits per heavy atom. The van der Waals surface area contributed by atoms with Crippen molar-refractivity contribution in [1.29, 1.82) is 0 Å². The van der Waals surface area contributed by atoms with Gasteiger partial charge in [0.15, 0.2) is 11.2 Å². The van der Waals surface area contributed by atoms with E-state index in [9.17, 15) is 14.7 Å². The second kappa shape index (κ2) is 7.53. The van der Waals surface area contributed by atoms with Gasteiger partial charge in [0, 0.05) is 39.8 Å². The number of piperidine rings is 1. The molecular formula is C17H27N5O3. The number of aryl methyl sites for hydroxylation is 2. The molecule has 2 aromatic rings. The third-order valence-corrected chi connectivity index (χ3v) is 5.24. The molecule has 0 aliphatic carbocycles. The molecule has 1 N–H and O–H groups in total. The van der Waals surface area contributed by atoms with Gasteiger partial charge in [-0.15, -0.1) is 0 Å². The first-order valence-corrected chi connectivity index (χ1v) is 9.00. The summed E-state index contributed by atoms with van der Waals surface area (Å²) in [6.07, 6.45) is 6.58. The molecule has 0 amide bonds. The van der Waals surface area contributed by atoms with Crippen molar-refractivity contribution in [3.63, 3.8) is 0 Å². The lowest BCUT2D eigenvalue weighted by Gasteiger charge is -2.35. The van der Waals surface area contributed by atoms with Crippen molar-refractivity contribution in [2.24, 2.45) is 14.1 Å². The van der Waals surface area contributed by atoms with E-state index in [1.165, 1.54) is 22.0 Å². The van der Waals surface area contributed by atoms with Crippen molar-refractivity contribution in [1.82, 2.24) is 23.6 Å². The largest absolute Gasteiger partial charge is 0.396 e. The Morgan fingerprint density at radius 2 is 2.04 bits per heavy atom. The number of likely N-dealkylation sites (tertiary alicyclic amines) is 1. The topological polar surface area (TPSA) is 85.3 Å². The van der Waals surface area contributed by atoms with Gasteiger partial charge in [0.2, 0.25) is 0 Å². The van der Waals surface area contributed by atoms with E-state index < -0.39 is 0 Å². The molecule has 8 nitrogen and oxygen atoms in total. The molecule has 0 saturated carbocycles. The van der Waals surface area contributed by atoms with E-state index in [1.807, 2.05) is 0 Å². The van der Waals surface area contributed by atoms with E-state index >= 15 is 0 Å². The molecule has 1 saturated heterocycles. The second-order valence-corrected chi connectivity index (χ2v) is 6.88. The molecule has 8 heteroatoms. The van der Waals surface area contributed by atoms with Crippen molar-refractivity contribution >= 4 is 11.2 Å². The molecule has 0 spiro atoms. The number of aliphatic hydroxyl groups is 1. The van der Waals surface area contributed by atoms with Gasteiger partial charge in [-0.1, -0.05) is 6.42 Å². The Hall–Kier alpha value is -1.93. The maximum Gasteiger partial charge on any atom is 0.332 e. The van der Waals surface area contributed by atoms with Crippen LogP contribution in [0.3, 0.4) is 0 Å². The fraction of sp³-hybridized carbons (Fsp3) is 0.706. The molecule has 1 atom stereocenters. The Labute approximate surface area is 146 Å². The van der Waals surface area contributed by atoms with E-state index in [2.05, 4.69) is 9.88 Å². The predicted molar refractivity (Wildman–Crippen MR) is 95.7 cm³/mol. The van der Waals surface area contributed by atoms with Crippen LogP contribution in [0, 0.1) is 0 Å². The average molecular weight is 349 g/mol. The lowest BCUT2D eigenvalue weighted by Crippen LogP contribution is -2.43. The quantitative estimate of drug-likeness (QED) is 0.797. The second-order valence-electron chi connectivity index (χ2n) is 6.88. The fourth-order valence-corrected chi connectivity index (χ4v) is 3.86. The van der Waals surface area contributed by atoms with E-state index in [0.717, 1.165) is 32.4 Å². The smallest absolute Gasteiger partial charge is 0.332 e. The zero-order chi connectivity index (χ0) is 18.0. The molecule has 138 valence electrons. The van der Waals surface area contributed by atoms with Crippen LogP contribution in [-0.2, 0) is 20.6 Å². The summed E-state index contributed by atoms with van der Waals surface area (Å²) in [7, 11) is 3.41. The lowest BCUT2D eigenvalue weighted by atomic mass is 9.99. The minimum Gasteiger partial charge on any atom is -0.396 e. The summed E-state index contributed by atoms with van der Waals surface area (Å²) in [6, 6.07) is 0.415. The molecule has 1 aliphatic heterocycles. The van der Waals surface area contributed by atoms with Gasteiger partial charge in [0.1, 0.15) is 0 Å². The van der Waals surface area contributed by atoms with Crippen LogP contribution in [0.25, 0.3) is 11.2 Å². The Bertz CT molecular complexity index is 848. The van der Waals surface area contributed by atoms with Gasteiger partial charge in [0.25, 0.3) is 5.56 Å². The van der Waals surface area contributed by atoms with Crippen LogP contribution in [-0.4, -0.2) is 54.4 Å². The van der Waals surface area contributed by atoms with Gasteiger partial charge in [-0.3, -0.25) is 13.9 Å².